The summed E-state index contributed by atoms with van der Waals surface area (Å²) in [6, 6.07) is 18.6. The number of nitrogens with zero attached hydrogens (tertiary/aromatic N) is 2. The molecule has 2 heterocycles. The minimum Gasteiger partial charge on any atom is -0.396 e. The van der Waals surface area contributed by atoms with Gasteiger partial charge in [0, 0.05) is 27.5 Å². The zero-order valence-corrected chi connectivity index (χ0v) is 16.7. The molecule has 0 aliphatic carbocycles. The quantitative estimate of drug-likeness (QED) is 0.425. The molecule has 0 saturated heterocycles. The van der Waals surface area contributed by atoms with Gasteiger partial charge in [-0.25, -0.2) is 4.39 Å². The molecule has 0 spiro atoms. The Labute approximate surface area is 172 Å². The molecule has 2 aromatic heterocycles. The molecule has 0 aliphatic heterocycles. The highest BCUT2D eigenvalue weighted by Gasteiger charge is 2.14. The number of aliphatic hydroxyl groups excluding tert-OH is 1. The third kappa shape index (κ3) is 4.23. The van der Waals surface area contributed by atoms with Crippen molar-refractivity contribution in [2.24, 2.45) is 0 Å². The first kappa shape index (κ1) is 19.4. The third-order valence-corrected chi connectivity index (χ3v) is 5.58. The molecular formula is C23H20FN3OS. The van der Waals surface area contributed by atoms with Crippen LogP contribution in [0, 0.1) is 12.7 Å². The van der Waals surface area contributed by atoms with Crippen LogP contribution in [0.1, 0.15) is 5.69 Å². The molecule has 0 bridgehead atoms. The van der Waals surface area contributed by atoms with Gasteiger partial charge in [0.05, 0.1) is 24.2 Å². The molecule has 6 heteroatoms. The van der Waals surface area contributed by atoms with Gasteiger partial charge in [0.1, 0.15) is 5.82 Å². The van der Waals surface area contributed by atoms with E-state index in [-0.39, 0.29) is 12.4 Å². The van der Waals surface area contributed by atoms with Gasteiger partial charge >= 0.3 is 0 Å². The summed E-state index contributed by atoms with van der Waals surface area (Å²) in [5, 5.41) is 16.2. The van der Waals surface area contributed by atoms with Crippen molar-refractivity contribution >= 4 is 11.8 Å². The maximum Gasteiger partial charge on any atom is 0.131 e. The highest BCUT2D eigenvalue weighted by Crippen LogP contribution is 2.34. The molecular weight excluding hydrogens is 385 g/mol. The van der Waals surface area contributed by atoms with Crippen molar-refractivity contribution in [1.82, 2.24) is 15.2 Å². The number of aromatic nitrogens is 3. The number of aliphatic hydroxyl groups is 1. The second-order valence-corrected chi connectivity index (χ2v) is 7.78. The molecule has 4 aromatic rings. The molecule has 0 unspecified atom stereocenters. The van der Waals surface area contributed by atoms with Gasteiger partial charge in [0.2, 0.25) is 0 Å². The van der Waals surface area contributed by atoms with Crippen LogP contribution in [-0.2, 0) is 0 Å². The molecule has 2 aromatic carbocycles. The summed E-state index contributed by atoms with van der Waals surface area (Å²) < 4.78 is 14.6. The Bertz CT molecular complexity index is 1130. The molecule has 0 atom stereocenters. The SMILES string of the molecule is Cc1cccc(-c2[nH]ncc2-c2ccc(F)c(-c3ccc(SCCO)cc3)c2)n1. The van der Waals surface area contributed by atoms with Crippen LogP contribution in [0.25, 0.3) is 33.6 Å². The van der Waals surface area contributed by atoms with Gasteiger partial charge in [0.25, 0.3) is 0 Å². The van der Waals surface area contributed by atoms with E-state index in [0.717, 1.165) is 38.7 Å². The fourth-order valence-corrected chi connectivity index (χ4v) is 3.85. The van der Waals surface area contributed by atoms with Crippen molar-refractivity contribution in [2.45, 2.75) is 11.8 Å². The van der Waals surface area contributed by atoms with Crippen molar-refractivity contribution in [1.29, 1.82) is 0 Å². The number of benzene rings is 2. The molecule has 29 heavy (non-hydrogen) atoms. The van der Waals surface area contributed by atoms with E-state index in [9.17, 15) is 4.39 Å². The first-order valence-corrected chi connectivity index (χ1v) is 10.3. The van der Waals surface area contributed by atoms with E-state index in [1.165, 1.54) is 6.07 Å². The van der Waals surface area contributed by atoms with Crippen LogP contribution in [0.4, 0.5) is 4.39 Å². The maximum absolute atomic E-state index is 14.6. The van der Waals surface area contributed by atoms with Crippen LogP contribution < -0.4 is 0 Å². The van der Waals surface area contributed by atoms with E-state index in [1.807, 2.05) is 55.5 Å². The van der Waals surface area contributed by atoms with Gasteiger partial charge in [-0.1, -0.05) is 24.3 Å². The fraction of sp³-hybridized carbons (Fsp3) is 0.130. The Kier molecular flexibility index (Phi) is 5.74. The maximum atomic E-state index is 14.6. The van der Waals surface area contributed by atoms with E-state index in [2.05, 4.69) is 15.2 Å². The largest absolute Gasteiger partial charge is 0.396 e. The van der Waals surface area contributed by atoms with E-state index < -0.39 is 0 Å². The lowest BCUT2D eigenvalue weighted by Crippen LogP contribution is -1.91. The lowest BCUT2D eigenvalue weighted by atomic mass is 9.98. The van der Waals surface area contributed by atoms with Gasteiger partial charge in [-0.3, -0.25) is 10.1 Å². The van der Waals surface area contributed by atoms with Crippen LogP contribution in [0.2, 0.25) is 0 Å². The second kappa shape index (κ2) is 8.59. The number of nitrogens with one attached hydrogen (secondary N) is 1. The Balaban J connectivity index is 1.71. The third-order valence-electron chi connectivity index (χ3n) is 4.59. The number of rotatable bonds is 6. The summed E-state index contributed by atoms with van der Waals surface area (Å²) in [5.74, 6) is 0.364. The predicted octanol–water partition coefficient (Wildman–Crippen LogP) is 5.34. The summed E-state index contributed by atoms with van der Waals surface area (Å²) in [6.07, 6.45) is 1.74. The van der Waals surface area contributed by atoms with Crippen LogP contribution >= 0.6 is 11.8 Å². The van der Waals surface area contributed by atoms with E-state index in [1.54, 1.807) is 24.0 Å². The van der Waals surface area contributed by atoms with E-state index in [0.29, 0.717) is 11.3 Å². The van der Waals surface area contributed by atoms with Crippen LogP contribution in [0.15, 0.2) is 71.8 Å². The average molecular weight is 405 g/mol. The van der Waals surface area contributed by atoms with Crippen molar-refractivity contribution in [3.05, 3.63) is 78.4 Å². The number of aryl methyl sites for hydroxylation is 1. The molecule has 4 nitrogen and oxygen atoms in total. The Morgan fingerprint density at radius 3 is 2.55 bits per heavy atom. The smallest absolute Gasteiger partial charge is 0.131 e. The normalized spacial score (nSPS) is 11.0. The standard InChI is InChI=1S/C23H20FN3OS/c1-15-3-2-4-22(26-15)23-20(14-25-27-23)17-7-10-21(24)19(13-17)16-5-8-18(9-6-16)29-12-11-28/h2-10,13-14,28H,11-12H2,1H3,(H,25,27). The Morgan fingerprint density at radius 2 is 1.79 bits per heavy atom. The molecule has 0 amide bonds. The molecule has 0 radical (unpaired) electrons. The van der Waals surface area contributed by atoms with Crippen LogP contribution in [-0.4, -0.2) is 32.6 Å². The van der Waals surface area contributed by atoms with Crippen molar-refractivity contribution in [2.75, 3.05) is 12.4 Å². The lowest BCUT2D eigenvalue weighted by molar-refractivity contribution is 0.322. The minimum absolute atomic E-state index is 0.131. The van der Waals surface area contributed by atoms with Gasteiger partial charge in [-0.15, -0.1) is 11.8 Å². The second-order valence-electron chi connectivity index (χ2n) is 6.61. The topological polar surface area (TPSA) is 61.8 Å². The number of pyridine rings is 1. The predicted molar refractivity (Wildman–Crippen MR) is 115 cm³/mol. The van der Waals surface area contributed by atoms with Crippen molar-refractivity contribution in [3.63, 3.8) is 0 Å². The number of halogens is 1. The minimum atomic E-state index is -0.275. The Morgan fingerprint density at radius 1 is 1.00 bits per heavy atom. The zero-order valence-electron chi connectivity index (χ0n) is 15.9. The summed E-state index contributed by atoms with van der Waals surface area (Å²) in [4.78, 5) is 5.61. The Hall–Kier alpha value is -2.96. The van der Waals surface area contributed by atoms with E-state index >= 15 is 0 Å². The van der Waals surface area contributed by atoms with Crippen molar-refractivity contribution < 1.29 is 9.50 Å². The van der Waals surface area contributed by atoms with Gasteiger partial charge in [0.15, 0.2) is 0 Å². The summed E-state index contributed by atoms with van der Waals surface area (Å²) >= 11 is 1.57. The van der Waals surface area contributed by atoms with Gasteiger partial charge in [-0.2, -0.15) is 5.10 Å². The molecule has 4 rings (SSSR count). The molecule has 2 N–H and O–H groups in total. The summed E-state index contributed by atoms with van der Waals surface area (Å²) in [7, 11) is 0. The summed E-state index contributed by atoms with van der Waals surface area (Å²) in [5.41, 5.74) is 5.60. The number of H-pyrrole nitrogens is 1. The summed E-state index contributed by atoms with van der Waals surface area (Å²) in [6.45, 7) is 2.07. The van der Waals surface area contributed by atoms with Gasteiger partial charge in [-0.05, 0) is 54.4 Å². The molecule has 0 aliphatic rings. The monoisotopic (exact) mass is 405 g/mol. The molecule has 0 fully saturated rings. The number of thioether (sulfide) groups is 1. The van der Waals surface area contributed by atoms with Gasteiger partial charge < -0.3 is 5.11 Å². The van der Waals surface area contributed by atoms with Crippen molar-refractivity contribution in [3.8, 4) is 33.6 Å². The van der Waals surface area contributed by atoms with Crippen LogP contribution in [0.3, 0.4) is 0 Å². The highest BCUT2D eigenvalue weighted by molar-refractivity contribution is 7.99. The van der Waals surface area contributed by atoms with E-state index in [4.69, 9.17) is 5.11 Å². The number of aromatic amines is 1. The number of hydrogen-bond donors (Lipinski definition) is 2. The highest BCUT2D eigenvalue weighted by atomic mass is 32.2. The number of hydrogen-bond acceptors (Lipinski definition) is 4. The average Bonchev–Trinajstić information content (AvgIpc) is 3.23. The van der Waals surface area contributed by atoms with Crippen LogP contribution in [0.5, 0.6) is 0 Å². The first-order valence-electron chi connectivity index (χ1n) is 9.27. The zero-order chi connectivity index (χ0) is 20.2. The molecule has 146 valence electrons. The lowest BCUT2D eigenvalue weighted by Gasteiger charge is -2.09. The fourth-order valence-electron chi connectivity index (χ4n) is 3.19. The molecule has 0 saturated carbocycles. The first-order chi connectivity index (χ1) is 14.2.